The number of thiazole rings is 1. The average Bonchev–Trinajstić information content (AvgIpc) is 3.51. The third-order valence-corrected chi connectivity index (χ3v) is 8.91. The summed E-state index contributed by atoms with van der Waals surface area (Å²) >= 11 is 7.07. The summed E-state index contributed by atoms with van der Waals surface area (Å²) in [6.07, 6.45) is -9.17. The lowest BCUT2D eigenvalue weighted by Crippen LogP contribution is -2.46. The smallest absolute Gasteiger partial charge is 0.479 e. The van der Waals surface area contributed by atoms with Gasteiger partial charge in [0.2, 0.25) is 10.9 Å². The number of aliphatic hydroxyl groups excluding tert-OH is 1. The van der Waals surface area contributed by atoms with Crippen molar-refractivity contribution in [1.82, 2.24) is 24.5 Å². The minimum Gasteiger partial charge on any atom is -0.479 e. The fourth-order valence-electron chi connectivity index (χ4n) is 5.84. The fraction of sp³-hybridized carbons (Fsp3) is 0.276. The summed E-state index contributed by atoms with van der Waals surface area (Å²) in [5.41, 5.74) is 4.48. The normalized spacial score (nSPS) is 25.0. The van der Waals surface area contributed by atoms with Gasteiger partial charge in [-0.25, -0.2) is 14.8 Å². The Morgan fingerprint density at radius 2 is 1.89 bits per heavy atom. The van der Waals surface area contributed by atoms with Gasteiger partial charge in [0.25, 0.3) is 0 Å². The van der Waals surface area contributed by atoms with E-state index in [1.165, 1.54) is 52.1 Å². The molecule has 7 rings (SSSR count). The van der Waals surface area contributed by atoms with Crippen molar-refractivity contribution in [1.29, 1.82) is 0 Å². The van der Waals surface area contributed by atoms with Gasteiger partial charge in [-0.3, -0.25) is 4.57 Å². The van der Waals surface area contributed by atoms with E-state index in [-0.39, 0.29) is 39.9 Å². The van der Waals surface area contributed by atoms with Crippen molar-refractivity contribution in [3.8, 4) is 16.9 Å². The van der Waals surface area contributed by atoms with E-state index in [2.05, 4.69) is 24.7 Å². The Morgan fingerprint density at radius 1 is 1.15 bits per heavy atom. The van der Waals surface area contributed by atoms with E-state index in [0.29, 0.717) is 11.1 Å². The topological polar surface area (TPSA) is 188 Å². The van der Waals surface area contributed by atoms with Crippen LogP contribution in [0.5, 0.6) is 5.75 Å². The van der Waals surface area contributed by atoms with Gasteiger partial charge in [-0.15, -0.1) is 24.5 Å². The van der Waals surface area contributed by atoms with Gasteiger partial charge < -0.3 is 35.3 Å². The van der Waals surface area contributed by atoms with Crippen LogP contribution in [0, 0.1) is 0 Å². The molecule has 0 bridgehead atoms. The standard InChI is InChI=1S/C29H22ClF3N6O7S/c30-26-37-22(34)18-23(38-26)39(11-35-18)24-19(40)28(43)20(44-24)21(28)46-27(25(41)42,17-10-47-12-36-17)9-13-5-7-14(8-6-13)15-3-1-2-4-16(15)45-29(31,32)33/h1-8,10-12,19-21,24,40,43H,9H2,(H,41,42)(H2,34,37,38)/t19-,20+,21?,24+,27-,28-/m0/s1. The Balaban J connectivity index is 1.16. The van der Waals surface area contributed by atoms with E-state index in [1.807, 2.05) is 0 Å². The number of aromatic nitrogens is 5. The van der Waals surface area contributed by atoms with Crippen molar-refractivity contribution < 1.29 is 47.5 Å². The van der Waals surface area contributed by atoms with Gasteiger partial charge in [0.1, 0.15) is 29.6 Å². The zero-order valence-electron chi connectivity index (χ0n) is 23.6. The number of para-hydroxylation sites is 1. The first kappa shape index (κ1) is 31.2. The summed E-state index contributed by atoms with van der Waals surface area (Å²) in [7, 11) is 0. The molecule has 0 radical (unpaired) electrons. The summed E-state index contributed by atoms with van der Waals surface area (Å²) in [6, 6.07) is 11.8. The number of nitrogens with two attached hydrogens (primary N) is 1. The molecule has 244 valence electrons. The Labute approximate surface area is 271 Å². The molecule has 1 aliphatic heterocycles. The maximum absolute atomic E-state index is 13.0. The van der Waals surface area contributed by atoms with Crippen LogP contribution in [-0.4, -0.2) is 76.1 Å². The van der Waals surface area contributed by atoms with Crippen LogP contribution in [0.2, 0.25) is 5.28 Å². The largest absolute Gasteiger partial charge is 0.573 e. The fourth-order valence-corrected chi connectivity index (χ4v) is 6.62. The van der Waals surface area contributed by atoms with Crippen LogP contribution in [0.15, 0.2) is 65.7 Å². The van der Waals surface area contributed by atoms with Crippen molar-refractivity contribution >= 4 is 45.9 Å². The Bertz CT molecular complexity index is 1980. The number of benzene rings is 2. The van der Waals surface area contributed by atoms with E-state index >= 15 is 0 Å². The first-order valence-electron chi connectivity index (χ1n) is 13.8. The van der Waals surface area contributed by atoms with Crippen LogP contribution in [0.4, 0.5) is 19.0 Å². The molecule has 13 nitrogen and oxygen atoms in total. The highest BCUT2D eigenvalue weighted by molar-refractivity contribution is 7.07. The zero-order valence-corrected chi connectivity index (χ0v) is 25.1. The van der Waals surface area contributed by atoms with Gasteiger partial charge in [0.15, 0.2) is 23.3 Å². The van der Waals surface area contributed by atoms with E-state index in [0.717, 1.165) is 11.3 Å². The highest BCUT2D eigenvalue weighted by atomic mass is 35.5. The molecule has 6 atom stereocenters. The summed E-state index contributed by atoms with van der Waals surface area (Å²) in [4.78, 5) is 29.3. The number of aliphatic hydroxyl groups is 2. The number of rotatable bonds is 9. The zero-order chi connectivity index (χ0) is 33.3. The Kier molecular flexibility index (Phi) is 7.38. The second kappa shape index (κ2) is 11.1. The molecule has 2 aliphatic rings. The van der Waals surface area contributed by atoms with Crippen LogP contribution >= 0.6 is 22.9 Å². The predicted octanol–water partition coefficient (Wildman–Crippen LogP) is 3.70. The molecule has 0 amide bonds. The number of nitrogens with zero attached hydrogens (tertiary/aromatic N) is 5. The quantitative estimate of drug-likeness (QED) is 0.165. The van der Waals surface area contributed by atoms with Gasteiger partial charge in [-0.1, -0.05) is 42.5 Å². The molecule has 1 unspecified atom stereocenters. The van der Waals surface area contributed by atoms with Crippen molar-refractivity contribution in [2.45, 2.75) is 48.5 Å². The summed E-state index contributed by atoms with van der Waals surface area (Å²) < 4.78 is 56.5. The van der Waals surface area contributed by atoms with E-state index < -0.39 is 53.8 Å². The van der Waals surface area contributed by atoms with Gasteiger partial charge in [-0.05, 0) is 28.8 Å². The van der Waals surface area contributed by atoms with E-state index in [9.17, 15) is 33.3 Å². The molecule has 3 aromatic heterocycles. The molecule has 5 aromatic rings. The first-order valence-corrected chi connectivity index (χ1v) is 15.1. The maximum Gasteiger partial charge on any atom is 0.573 e. The maximum atomic E-state index is 13.0. The van der Waals surface area contributed by atoms with Gasteiger partial charge in [0, 0.05) is 17.4 Å². The van der Waals surface area contributed by atoms with Crippen molar-refractivity contribution in [3.05, 3.63) is 82.3 Å². The minimum atomic E-state index is -4.90. The van der Waals surface area contributed by atoms with Gasteiger partial charge in [-0.2, -0.15) is 9.97 Å². The SMILES string of the molecule is Nc1nc(Cl)nc2c1ncn2[C@@H]1O[C@@H]2C(O[C@](Cc3ccc(-c4ccccc4OC(F)(F)F)cc3)(C(=O)O)c3cscn3)[C@]2(O)[C@H]1O. The Morgan fingerprint density at radius 3 is 2.53 bits per heavy atom. The minimum absolute atomic E-state index is 0.00213. The predicted molar refractivity (Wildman–Crippen MR) is 158 cm³/mol. The number of aliphatic carboxylic acids is 1. The average molecular weight is 691 g/mol. The molecule has 47 heavy (non-hydrogen) atoms. The van der Waals surface area contributed by atoms with Gasteiger partial charge >= 0.3 is 12.3 Å². The number of nitrogen functional groups attached to an aromatic ring is 1. The van der Waals surface area contributed by atoms with Crippen LogP contribution < -0.4 is 10.5 Å². The number of imidazole rings is 1. The highest BCUT2D eigenvalue weighted by Gasteiger charge is 2.79. The summed E-state index contributed by atoms with van der Waals surface area (Å²) in [5.74, 6) is -1.83. The molecule has 2 fully saturated rings. The number of hydrogen-bond acceptors (Lipinski definition) is 12. The number of alkyl halides is 3. The first-order chi connectivity index (χ1) is 22.3. The van der Waals surface area contributed by atoms with Gasteiger partial charge in [0.05, 0.1) is 17.5 Å². The van der Waals surface area contributed by atoms with Crippen LogP contribution in [0.3, 0.4) is 0 Å². The van der Waals surface area contributed by atoms with E-state index in [1.54, 1.807) is 18.2 Å². The molecule has 18 heteroatoms. The van der Waals surface area contributed by atoms with Crippen LogP contribution in [-0.2, 0) is 26.3 Å². The van der Waals surface area contributed by atoms with Crippen molar-refractivity contribution in [2.75, 3.05) is 5.73 Å². The number of carbonyl (C=O) groups is 1. The molecule has 0 spiro atoms. The number of carboxylic acid groups (broad SMARTS) is 1. The van der Waals surface area contributed by atoms with Crippen LogP contribution in [0.1, 0.15) is 17.5 Å². The van der Waals surface area contributed by atoms with Crippen molar-refractivity contribution in [2.24, 2.45) is 0 Å². The second-order valence-electron chi connectivity index (χ2n) is 10.9. The molecule has 1 aliphatic carbocycles. The molecular formula is C29H22ClF3N6O7S. The Hall–Kier alpha value is -4.39. The molecule has 5 N–H and O–H groups in total. The summed E-state index contributed by atoms with van der Waals surface area (Å²) in [5, 5.41) is 34.6. The molecule has 4 heterocycles. The highest BCUT2D eigenvalue weighted by Crippen LogP contribution is 2.57. The lowest BCUT2D eigenvalue weighted by molar-refractivity contribution is -0.274. The number of carboxylic acids is 1. The lowest BCUT2D eigenvalue weighted by Gasteiger charge is -2.31. The number of hydrogen-bond donors (Lipinski definition) is 4. The second-order valence-corrected chi connectivity index (χ2v) is 12.0. The monoisotopic (exact) mass is 690 g/mol. The molecule has 1 saturated carbocycles. The molecule has 2 aromatic carbocycles. The van der Waals surface area contributed by atoms with Crippen LogP contribution in [0.25, 0.3) is 22.3 Å². The lowest BCUT2D eigenvalue weighted by atomic mass is 9.90. The van der Waals surface area contributed by atoms with Crippen molar-refractivity contribution in [3.63, 3.8) is 0 Å². The molecule has 1 saturated heterocycles. The molecular weight excluding hydrogens is 669 g/mol. The number of fused-ring (bicyclic) bond motifs is 2. The number of halogens is 4. The number of anilines is 1. The third-order valence-electron chi connectivity index (χ3n) is 8.15. The summed E-state index contributed by atoms with van der Waals surface area (Å²) in [6.45, 7) is 0. The van der Waals surface area contributed by atoms with E-state index in [4.69, 9.17) is 26.8 Å². The number of ether oxygens (including phenoxy) is 3. The third kappa shape index (κ3) is 5.24.